The molecule has 0 spiro atoms. The Hall–Kier alpha value is -5.31. The van der Waals surface area contributed by atoms with E-state index >= 15 is 0 Å². The highest BCUT2D eigenvalue weighted by molar-refractivity contribution is 8.00. The molecule has 0 saturated carbocycles. The van der Waals surface area contributed by atoms with Crippen LogP contribution in [-0.2, 0) is 9.59 Å². The van der Waals surface area contributed by atoms with Gasteiger partial charge in [0.15, 0.2) is 0 Å². The molecule has 49 heavy (non-hydrogen) atoms. The summed E-state index contributed by atoms with van der Waals surface area (Å²) in [7, 11) is 0. The molecule has 0 saturated heterocycles. The van der Waals surface area contributed by atoms with Crippen molar-refractivity contribution in [3.05, 3.63) is 161 Å². The summed E-state index contributed by atoms with van der Waals surface area (Å²) in [6, 6.07) is 39.8. The molecule has 0 aromatic heterocycles. The Bertz CT molecular complexity index is 1870. The van der Waals surface area contributed by atoms with E-state index in [1.54, 1.807) is 66.7 Å². The van der Waals surface area contributed by atoms with E-state index < -0.39 is 17.1 Å². The molecule has 3 amide bonds. The van der Waals surface area contributed by atoms with Crippen molar-refractivity contribution in [2.24, 2.45) is 0 Å². The molecule has 1 unspecified atom stereocenters. The SMILES string of the molecule is CCCCOc1ccc(NC(=O)C(Sc2ccc(NC(=O)/C(=C/c3ccc(Cl)cc3)NC(=O)c3ccccc3)cc2)c2ccccc2)cc1. The fourth-order valence-electron chi connectivity index (χ4n) is 4.70. The maximum absolute atomic E-state index is 13.6. The molecule has 9 heteroatoms. The van der Waals surface area contributed by atoms with Gasteiger partial charge in [-0.25, -0.2) is 0 Å². The van der Waals surface area contributed by atoms with Gasteiger partial charge in [0.05, 0.1) is 6.61 Å². The molecule has 5 rings (SSSR count). The Morgan fingerprint density at radius 3 is 2.02 bits per heavy atom. The van der Waals surface area contributed by atoms with E-state index in [2.05, 4.69) is 22.9 Å². The first-order valence-corrected chi connectivity index (χ1v) is 17.1. The van der Waals surface area contributed by atoms with Crippen LogP contribution in [0.3, 0.4) is 0 Å². The monoisotopic (exact) mass is 689 g/mol. The van der Waals surface area contributed by atoms with Crippen molar-refractivity contribution in [2.45, 2.75) is 29.9 Å². The van der Waals surface area contributed by atoms with Gasteiger partial charge in [0.25, 0.3) is 11.8 Å². The standard InChI is InChI=1S/C40H36ClN3O4S/c1-2-3-26-48-34-22-18-32(19-23-34)43-40(47)37(29-10-6-4-7-11-29)49-35-24-20-33(21-25-35)42-39(46)36(27-28-14-16-31(41)17-15-28)44-38(45)30-12-8-5-9-13-30/h4-25,27,37H,2-3,26H2,1H3,(H,42,46)(H,43,47)(H,44,45)/b36-27-. The fraction of sp³-hybridized carbons (Fsp3) is 0.125. The van der Waals surface area contributed by atoms with Crippen LogP contribution in [0.1, 0.15) is 46.5 Å². The predicted molar refractivity (Wildman–Crippen MR) is 199 cm³/mol. The second kappa shape index (κ2) is 17.7. The number of thioether (sulfide) groups is 1. The molecule has 5 aromatic rings. The summed E-state index contributed by atoms with van der Waals surface area (Å²) in [6.07, 6.45) is 3.63. The first-order valence-electron chi connectivity index (χ1n) is 15.9. The zero-order valence-electron chi connectivity index (χ0n) is 26.9. The normalized spacial score (nSPS) is 11.7. The Labute approximate surface area is 295 Å². The summed E-state index contributed by atoms with van der Waals surface area (Å²) in [5.74, 6) is -0.315. The van der Waals surface area contributed by atoms with E-state index in [1.165, 1.54) is 11.8 Å². The number of rotatable bonds is 14. The molecule has 0 aliphatic carbocycles. The Morgan fingerprint density at radius 1 is 0.755 bits per heavy atom. The average Bonchev–Trinajstić information content (AvgIpc) is 3.13. The highest BCUT2D eigenvalue weighted by Crippen LogP contribution is 2.37. The van der Waals surface area contributed by atoms with Gasteiger partial charge >= 0.3 is 0 Å². The van der Waals surface area contributed by atoms with E-state index in [1.807, 2.05) is 72.8 Å². The number of amides is 3. The maximum Gasteiger partial charge on any atom is 0.272 e. The molecule has 1 atom stereocenters. The van der Waals surface area contributed by atoms with Crippen molar-refractivity contribution < 1.29 is 19.1 Å². The number of hydrogen-bond donors (Lipinski definition) is 3. The first kappa shape index (κ1) is 35.0. The van der Waals surface area contributed by atoms with Gasteiger partial charge in [-0.1, -0.05) is 85.6 Å². The van der Waals surface area contributed by atoms with Crippen molar-refractivity contribution in [1.29, 1.82) is 0 Å². The summed E-state index contributed by atoms with van der Waals surface area (Å²) in [6.45, 7) is 2.77. The number of carbonyl (C=O) groups is 3. The van der Waals surface area contributed by atoms with E-state index in [4.69, 9.17) is 16.3 Å². The van der Waals surface area contributed by atoms with Crippen molar-refractivity contribution in [3.8, 4) is 5.75 Å². The van der Waals surface area contributed by atoms with Crippen LogP contribution in [0.25, 0.3) is 6.08 Å². The third-order valence-corrected chi connectivity index (χ3v) is 8.82. The summed E-state index contributed by atoms with van der Waals surface area (Å²) >= 11 is 7.44. The van der Waals surface area contributed by atoms with Gasteiger partial charge in [-0.3, -0.25) is 14.4 Å². The smallest absolute Gasteiger partial charge is 0.272 e. The molecule has 5 aromatic carbocycles. The van der Waals surface area contributed by atoms with E-state index in [9.17, 15) is 14.4 Å². The lowest BCUT2D eigenvalue weighted by atomic mass is 10.1. The zero-order chi connectivity index (χ0) is 34.4. The minimum atomic E-state index is -0.538. The summed E-state index contributed by atoms with van der Waals surface area (Å²) < 4.78 is 5.75. The summed E-state index contributed by atoms with van der Waals surface area (Å²) in [4.78, 5) is 40.8. The lowest BCUT2D eigenvalue weighted by Gasteiger charge is -2.18. The number of halogens is 1. The van der Waals surface area contributed by atoms with Gasteiger partial charge in [-0.15, -0.1) is 11.8 Å². The van der Waals surface area contributed by atoms with Gasteiger partial charge in [0.2, 0.25) is 5.91 Å². The van der Waals surface area contributed by atoms with Crippen LogP contribution in [0.15, 0.2) is 144 Å². The Balaban J connectivity index is 1.28. The molecule has 248 valence electrons. The number of nitrogens with one attached hydrogen (secondary N) is 3. The summed E-state index contributed by atoms with van der Waals surface area (Å²) in [5, 5.41) is 8.67. The van der Waals surface area contributed by atoms with E-state index in [0.717, 1.165) is 29.1 Å². The number of hydrogen-bond acceptors (Lipinski definition) is 5. The van der Waals surface area contributed by atoms with Gasteiger partial charge in [0.1, 0.15) is 16.7 Å². The van der Waals surface area contributed by atoms with Gasteiger partial charge in [-0.2, -0.15) is 0 Å². The van der Waals surface area contributed by atoms with Gasteiger partial charge in [0, 0.05) is 26.9 Å². The first-order chi connectivity index (χ1) is 23.9. The molecule has 0 aliphatic heterocycles. The zero-order valence-corrected chi connectivity index (χ0v) is 28.5. The average molecular weight is 690 g/mol. The van der Waals surface area contributed by atoms with Crippen molar-refractivity contribution in [1.82, 2.24) is 5.32 Å². The van der Waals surface area contributed by atoms with Gasteiger partial charge in [-0.05, 0) is 96.4 Å². The van der Waals surface area contributed by atoms with E-state index in [-0.39, 0.29) is 11.6 Å². The van der Waals surface area contributed by atoms with Crippen molar-refractivity contribution in [2.75, 3.05) is 17.2 Å². The number of benzene rings is 5. The Morgan fingerprint density at radius 2 is 1.37 bits per heavy atom. The topological polar surface area (TPSA) is 96.5 Å². The van der Waals surface area contributed by atoms with Crippen molar-refractivity contribution in [3.63, 3.8) is 0 Å². The van der Waals surface area contributed by atoms with Crippen LogP contribution in [0.4, 0.5) is 11.4 Å². The molecule has 0 radical (unpaired) electrons. The largest absolute Gasteiger partial charge is 0.494 e. The minimum absolute atomic E-state index is 0.0657. The molecule has 0 aliphatic rings. The molecule has 7 nitrogen and oxygen atoms in total. The van der Waals surface area contributed by atoms with Crippen LogP contribution >= 0.6 is 23.4 Å². The van der Waals surface area contributed by atoms with Crippen molar-refractivity contribution >= 4 is 58.5 Å². The lowest BCUT2D eigenvalue weighted by Crippen LogP contribution is -2.30. The lowest BCUT2D eigenvalue weighted by molar-refractivity contribution is -0.116. The Kier molecular flexibility index (Phi) is 12.7. The molecule has 0 fully saturated rings. The maximum atomic E-state index is 13.6. The summed E-state index contributed by atoms with van der Waals surface area (Å²) in [5.41, 5.74) is 3.23. The third-order valence-electron chi connectivity index (χ3n) is 7.30. The van der Waals surface area contributed by atoms with Crippen LogP contribution < -0.4 is 20.7 Å². The fourth-order valence-corrected chi connectivity index (χ4v) is 5.85. The number of ether oxygens (including phenoxy) is 1. The molecular weight excluding hydrogens is 654 g/mol. The second-order valence-electron chi connectivity index (χ2n) is 11.0. The highest BCUT2D eigenvalue weighted by Gasteiger charge is 2.23. The number of carbonyl (C=O) groups excluding carboxylic acids is 3. The molecule has 3 N–H and O–H groups in total. The third kappa shape index (κ3) is 10.6. The van der Waals surface area contributed by atoms with Crippen LogP contribution in [0.5, 0.6) is 5.75 Å². The minimum Gasteiger partial charge on any atom is -0.494 e. The van der Waals surface area contributed by atoms with Gasteiger partial charge < -0.3 is 20.7 Å². The number of unbranched alkanes of at least 4 members (excludes halogenated alkanes) is 1. The van der Waals surface area contributed by atoms with Crippen LogP contribution in [0.2, 0.25) is 5.02 Å². The predicted octanol–water partition coefficient (Wildman–Crippen LogP) is 9.40. The molecular formula is C40H36ClN3O4S. The molecule has 0 bridgehead atoms. The molecule has 0 heterocycles. The quantitative estimate of drug-likeness (QED) is 0.0613. The van der Waals surface area contributed by atoms with E-state index in [0.29, 0.717) is 34.1 Å². The van der Waals surface area contributed by atoms with Crippen LogP contribution in [-0.4, -0.2) is 24.3 Å². The second-order valence-corrected chi connectivity index (χ2v) is 12.6. The van der Waals surface area contributed by atoms with Crippen LogP contribution in [0, 0.1) is 0 Å². The number of anilines is 2. The highest BCUT2D eigenvalue weighted by atomic mass is 35.5.